The van der Waals surface area contributed by atoms with Crippen molar-refractivity contribution in [1.82, 2.24) is 14.5 Å². The van der Waals surface area contributed by atoms with E-state index >= 15 is 0 Å². The first-order valence-corrected chi connectivity index (χ1v) is 5.39. The third-order valence-corrected chi connectivity index (χ3v) is 2.67. The second-order valence-electron chi connectivity index (χ2n) is 4.23. The molecule has 1 aromatic carbocycles. The van der Waals surface area contributed by atoms with Crippen LogP contribution in [-0.2, 0) is 6.54 Å². The smallest absolute Gasteiger partial charge is 0.308 e. The van der Waals surface area contributed by atoms with Gasteiger partial charge in [-0.15, -0.1) is 0 Å². The molecule has 1 N–H and O–H groups in total. The van der Waals surface area contributed by atoms with Crippen molar-refractivity contribution in [1.29, 1.82) is 5.26 Å². The highest BCUT2D eigenvalue weighted by Crippen LogP contribution is 2.12. The van der Waals surface area contributed by atoms with Gasteiger partial charge >= 0.3 is 5.69 Å². The minimum Gasteiger partial charge on any atom is -0.308 e. The lowest BCUT2D eigenvalue weighted by molar-refractivity contribution is 0.384. The molecule has 0 aliphatic carbocycles. The van der Waals surface area contributed by atoms with Crippen molar-refractivity contribution in [3.8, 4) is 6.07 Å². The van der Waals surface area contributed by atoms with Gasteiger partial charge in [0.1, 0.15) is 0 Å². The number of likely N-dealkylation sites (N-methyl/N-ethyl adjacent to an activating group) is 1. The van der Waals surface area contributed by atoms with Crippen LogP contribution in [0.1, 0.15) is 5.56 Å². The molecule has 0 radical (unpaired) electrons. The van der Waals surface area contributed by atoms with Crippen molar-refractivity contribution in [3.63, 3.8) is 0 Å². The third-order valence-electron chi connectivity index (χ3n) is 2.67. The van der Waals surface area contributed by atoms with E-state index in [0.717, 1.165) is 12.1 Å². The molecular formula is C12H14N4O. The van der Waals surface area contributed by atoms with Crippen LogP contribution in [0.5, 0.6) is 0 Å². The van der Waals surface area contributed by atoms with Crippen LogP contribution >= 0.6 is 0 Å². The minimum atomic E-state index is -0.128. The number of imidazole rings is 1. The first kappa shape index (κ1) is 11.4. The molecule has 2 rings (SSSR count). The monoisotopic (exact) mass is 230 g/mol. The SMILES string of the molecule is CN(C)CCn1c(=O)[nH]c2cc(C#N)ccc21. The average molecular weight is 230 g/mol. The fraction of sp³-hybridized carbons (Fsp3) is 0.333. The van der Waals surface area contributed by atoms with Crippen molar-refractivity contribution >= 4 is 11.0 Å². The van der Waals surface area contributed by atoms with Gasteiger partial charge < -0.3 is 9.88 Å². The molecule has 88 valence electrons. The van der Waals surface area contributed by atoms with Crippen molar-refractivity contribution in [2.75, 3.05) is 20.6 Å². The number of hydrogen-bond acceptors (Lipinski definition) is 3. The van der Waals surface area contributed by atoms with Crippen molar-refractivity contribution in [2.24, 2.45) is 0 Å². The summed E-state index contributed by atoms with van der Waals surface area (Å²) < 4.78 is 1.69. The molecule has 0 aliphatic heterocycles. The van der Waals surface area contributed by atoms with E-state index in [9.17, 15) is 4.79 Å². The van der Waals surface area contributed by atoms with E-state index in [1.54, 1.807) is 22.8 Å². The van der Waals surface area contributed by atoms with Gasteiger partial charge in [-0.3, -0.25) is 4.57 Å². The summed E-state index contributed by atoms with van der Waals surface area (Å²) in [5.74, 6) is 0. The van der Waals surface area contributed by atoms with Crippen LogP contribution in [0, 0.1) is 11.3 Å². The number of nitrogens with one attached hydrogen (secondary N) is 1. The van der Waals surface area contributed by atoms with Gasteiger partial charge in [0.25, 0.3) is 0 Å². The summed E-state index contributed by atoms with van der Waals surface area (Å²) in [7, 11) is 3.93. The Labute approximate surface area is 98.9 Å². The number of aromatic amines is 1. The Morgan fingerprint density at radius 3 is 2.88 bits per heavy atom. The van der Waals surface area contributed by atoms with Gasteiger partial charge in [-0.2, -0.15) is 5.26 Å². The Bertz CT molecular complexity index is 630. The van der Waals surface area contributed by atoms with Gasteiger partial charge in [0.15, 0.2) is 0 Å². The van der Waals surface area contributed by atoms with Crippen LogP contribution in [0.2, 0.25) is 0 Å². The van der Waals surface area contributed by atoms with E-state index in [1.165, 1.54) is 0 Å². The Balaban J connectivity index is 2.46. The molecule has 0 spiro atoms. The van der Waals surface area contributed by atoms with Gasteiger partial charge in [-0.05, 0) is 32.3 Å². The molecule has 0 saturated heterocycles. The Morgan fingerprint density at radius 1 is 1.47 bits per heavy atom. The number of rotatable bonds is 3. The van der Waals surface area contributed by atoms with Gasteiger partial charge in [-0.25, -0.2) is 4.79 Å². The summed E-state index contributed by atoms with van der Waals surface area (Å²) in [6.45, 7) is 1.44. The third kappa shape index (κ3) is 2.22. The summed E-state index contributed by atoms with van der Waals surface area (Å²) in [6, 6.07) is 7.29. The molecule has 0 unspecified atom stereocenters. The Kier molecular flexibility index (Phi) is 2.98. The number of H-pyrrole nitrogens is 1. The number of nitrogens with zero attached hydrogens (tertiary/aromatic N) is 3. The number of benzene rings is 1. The molecule has 0 atom stereocenters. The van der Waals surface area contributed by atoms with Crippen LogP contribution in [0.3, 0.4) is 0 Å². The summed E-state index contributed by atoms with van der Waals surface area (Å²) in [5, 5.41) is 8.79. The van der Waals surface area contributed by atoms with Crippen molar-refractivity contribution < 1.29 is 0 Å². The minimum absolute atomic E-state index is 0.128. The van der Waals surface area contributed by atoms with E-state index in [4.69, 9.17) is 5.26 Å². The highest BCUT2D eigenvalue weighted by atomic mass is 16.1. The molecule has 5 nitrogen and oxygen atoms in total. The molecule has 17 heavy (non-hydrogen) atoms. The molecule has 2 aromatic rings. The summed E-state index contributed by atoms with van der Waals surface area (Å²) >= 11 is 0. The zero-order chi connectivity index (χ0) is 12.4. The fourth-order valence-corrected chi connectivity index (χ4v) is 1.76. The van der Waals surface area contributed by atoms with Gasteiger partial charge in [-0.1, -0.05) is 0 Å². The Morgan fingerprint density at radius 2 is 2.24 bits per heavy atom. The number of aromatic nitrogens is 2. The lowest BCUT2D eigenvalue weighted by Gasteiger charge is -2.09. The van der Waals surface area contributed by atoms with E-state index in [2.05, 4.69) is 11.1 Å². The van der Waals surface area contributed by atoms with Gasteiger partial charge in [0.2, 0.25) is 0 Å². The van der Waals surface area contributed by atoms with Crippen LogP contribution in [0.15, 0.2) is 23.0 Å². The molecule has 0 aliphatic rings. The molecular weight excluding hydrogens is 216 g/mol. The molecule has 0 bridgehead atoms. The lowest BCUT2D eigenvalue weighted by Crippen LogP contribution is -2.24. The fourth-order valence-electron chi connectivity index (χ4n) is 1.76. The predicted molar refractivity (Wildman–Crippen MR) is 65.8 cm³/mol. The zero-order valence-corrected chi connectivity index (χ0v) is 9.90. The molecule has 0 fully saturated rings. The predicted octanol–water partition coefficient (Wildman–Crippen LogP) is 0.763. The molecule has 0 saturated carbocycles. The molecule has 0 amide bonds. The van der Waals surface area contributed by atoms with E-state index in [-0.39, 0.29) is 5.69 Å². The second kappa shape index (κ2) is 4.44. The van der Waals surface area contributed by atoms with E-state index in [1.807, 2.05) is 19.0 Å². The van der Waals surface area contributed by atoms with E-state index in [0.29, 0.717) is 17.6 Å². The maximum atomic E-state index is 11.8. The lowest BCUT2D eigenvalue weighted by atomic mass is 10.2. The molecule has 1 heterocycles. The number of hydrogen-bond donors (Lipinski definition) is 1. The normalized spacial score (nSPS) is 10.9. The maximum Gasteiger partial charge on any atom is 0.326 e. The highest BCUT2D eigenvalue weighted by molar-refractivity contribution is 5.76. The first-order chi connectivity index (χ1) is 8.11. The average Bonchev–Trinajstić information content (AvgIpc) is 2.60. The summed E-state index contributed by atoms with van der Waals surface area (Å²) in [6.07, 6.45) is 0. The topological polar surface area (TPSA) is 64.8 Å². The second-order valence-corrected chi connectivity index (χ2v) is 4.23. The van der Waals surface area contributed by atoms with Crippen LogP contribution < -0.4 is 5.69 Å². The summed E-state index contributed by atoms with van der Waals surface area (Å²) in [5.41, 5.74) is 1.99. The standard InChI is InChI=1S/C12H14N4O/c1-15(2)5-6-16-11-4-3-9(8-13)7-10(11)14-12(16)17/h3-4,7H,5-6H2,1-2H3,(H,14,17). The number of nitriles is 1. The maximum absolute atomic E-state index is 11.8. The number of fused-ring (bicyclic) bond motifs is 1. The van der Waals surface area contributed by atoms with Crippen LogP contribution in [0.25, 0.3) is 11.0 Å². The largest absolute Gasteiger partial charge is 0.326 e. The quantitative estimate of drug-likeness (QED) is 0.846. The highest BCUT2D eigenvalue weighted by Gasteiger charge is 2.07. The van der Waals surface area contributed by atoms with Crippen molar-refractivity contribution in [2.45, 2.75) is 6.54 Å². The first-order valence-electron chi connectivity index (χ1n) is 5.39. The Hall–Kier alpha value is -2.06. The van der Waals surface area contributed by atoms with Crippen molar-refractivity contribution in [3.05, 3.63) is 34.2 Å². The molecule has 5 heteroatoms. The van der Waals surface area contributed by atoms with Gasteiger partial charge in [0.05, 0.1) is 22.7 Å². The van der Waals surface area contributed by atoms with Crippen LogP contribution in [0.4, 0.5) is 0 Å². The van der Waals surface area contributed by atoms with E-state index < -0.39 is 0 Å². The van der Waals surface area contributed by atoms with Crippen LogP contribution in [-0.4, -0.2) is 35.1 Å². The molecule has 1 aromatic heterocycles. The summed E-state index contributed by atoms with van der Waals surface area (Å²) in [4.78, 5) is 16.5. The zero-order valence-electron chi connectivity index (χ0n) is 9.90. The van der Waals surface area contributed by atoms with Gasteiger partial charge in [0, 0.05) is 13.1 Å².